The number of hydrogen-bond donors (Lipinski definition) is 1. The van der Waals surface area contributed by atoms with Gasteiger partial charge < -0.3 is 15.1 Å². The first-order chi connectivity index (χ1) is 16.7. The first-order valence-corrected chi connectivity index (χ1v) is 11.4. The van der Waals surface area contributed by atoms with Gasteiger partial charge in [0.25, 0.3) is 5.91 Å². The van der Waals surface area contributed by atoms with E-state index >= 15 is 0 Å². The number of rotatable bonds is 5. The lowest BCUT2D eigenvalue weighted by molar-refractivity contribution is -0.137. The molecular weight excluding hydrogens is 455 g/mol. The van der Waals surface area contributed by atoms with Gasteiger partial charge in [-0.1, -0.05) is 30.3 Å². The fourth-order valence-electron chi connectivity index (χ4n) is 4.23. The minimum atomic E-state index is -4.44. The summed E-state index contributed by atoms with van der Waals surface area (Å²) in [6.07, 6.45) is -3.48. The van der Waals surface area contributed by atoms with Crippen LogP contribution in [0.4, 0.5) is 30.2 Å². The molecule has 1 heterocycles. The SMILES string of the molecule is CN(c1ccccc1)c1ccccc1NC(=O)C1CCN(C(=O)c2ccc(C(F)(F)F)cc2)CC1. The normalized spacial score (nSPS) is 14.5. The molecule has 0 saturated carbocycles. The molecule has 1 saturated heterocycles. The third kappa shape index (κ3) is 5.65. The highest BCUT2D eigenvalue weighted by molar-refractivity contribution is 5.97. The van der Waals surface area contributed by atoms with Crippen LogP contribution in [0.15, 0.2) is 78.9 Å². The van der Waals surface area contributed by atoms with Crippen molar-refractivity contribution in [3.63, 3.8) is 0 Å². The molecule has 8 heteroatoms. The molecule has 3 aromatic carbocycles. The Hall–Kier alpha value is -3.81. The van der Waals surface area contributed by atoms with E-state index in [1.165, 1.54) is 12.1 Å². The maximum Gasteiger partial charge on any atom is 0.416 e. The lowest BCUT2D eigenvalue weighted by Gasteiger charge is -2.32. The standard InChI is InChI=1S/C27H26F3N3O2/c1-32(22-7-3-2-4-8-22)24-10-6-5-9-23(24)31-25(34)19-15-17-33(18-16-19)26(35)20-11-13-21(14-12-20)27(28,29)30/h2-14,19H,15-18H2,1H3,(H,31,34). The van der Waals surface area contributed by atoms with Crippen molar-refractivity contribution in [2.45, 2.75) is 19.0 Å². The Bertz CT molecular complexity index is 1170. The van der Waals surface area contributed by atoms with Crippen molar-refractivity contribution < 1.29 is 22.8 Å². The van der Waals surface area contributed by atoms with Crippen molar-refractivity contribution in [2.75, 3.05) is 30.4 Å². The second-order valence-electron chi connectivity index (χ2n) is 8.54. The molecule has 3 aromatic rings. The van der Waals surface area contributed by atoms with E-state index in [0.717, 1.165) is 23.5 Å². The molecule has 1 aliphatic rings. The van der Waals surface area contributed by atoms with Gasteiger partial charge in [0.05, 0.1) is 16.9 Å². The third-order valence-electron chi connectivity index (χ3n) is 6.28. The van der Waals surface area contributed by atoms with E-state index in [1.807, 2.05) is 66.5 Å². The van der Waals surface area contributed by atoms with Crippen molar-refractivity contribution in [2.24, 2.45) is 5.92 Å². The number of hydrogen-bond acceptors (Lipinski definition) is 3. The number of anilines is 3. The Morgan fingerprint density at radius 1 is 0.886 bits per heavy atom. The summed E-state index contributed by atoms with van der Waals surface area (Å²) < 4.78 is 38.3. The monoisotopic (exact) mass is 481 g/mol. The van der Waals surface area contributed by atoms with E-state index in [-0.39, 0.29) is 23.3 Å². The minimum Gasteiger partial charge on any atom is -0.343 e. The second kappa shape index (κ2) is 10.2. The van der Waals surface area contributed by atoms with Gasteiger partial charge in [0.2, 0.25) is 5.91 Å². The van der Waals surface area contributed by atoms with Crippen molar-refractivity contribution in [1.29, 1.82) is 0 Å². The molecule has 0 aromatic heterocycles. The molecule has 1 N–H and O–H groups in total. The molecule has 0 radical (unpaired) electrons. The third-order valence-corrected chi connectivity index (χ3v) is 6.28. The first kappa shape index (κ1) is 24.3. The molecule has 4 rings (SSSR count). The Morgan fingerprint density at radius 2 is 1.49 bits per heavy atom. The van der Waals surface area contributed by atoms with Crippen molar-refractivity contribution in [1.82, 2.24) is 4.90 Å². The summed E-state index contributed by atoms with van der Waals surface area (Å²) in [6.45, 7) is 0.729. The highest BCUT2D eigenvalue weighted by Gasteiger charge is 2.31. The first-order valence-electron chi connectivity index (χ1n) is 11.4. The van der Waals surface area contributed by atoms with E-state index in [0.29, 0.717) is 31.6 Å². The van der Waals surface area contributed by atoms with Gasteiger partial charge in [0, 0.05) is 37.3 Å². The fourth-order valence-corrected chi connectivity index (χ4v) is 4.23. The number of benzene rings is 3. The Labute approximate surface area is 202 Å². The molecule has 0 atom stereocenters. The predicted octanol–water partition coefficient (Wildman–Crippen LogP) is 5.96. The van der Waals surface area contributed by atoms with Crippen molar-refractivity contribution >= 4 is 28.9 Å². The zero-order valence-corrected chi connectivity index (χ0v) is 19.3. The number of alkyl halides is 3. The fraction of sp³-hybridized carbons (Fsp3) is 0.259. The number of carbonyl (C=O) groups is 2. The molecule has 1 fully saturated rings. The summed E-state index contributed by atoms with van der Waals surface area (Å²) in [5.74, 6) is -0.699. The lowest BCUT2D eigenvalue weighted by atomic mass is 9.95. The average Bonchev–Trinajstić information content (AvgIpc) is 2.88. The van der Waals surface area contributed by atoms with Crippen molar-refractivity contribution in [3.05, 3.63) is 90.0 Å². The van der Waals surface area contributed by atoms with Crippen LogP contribution in [0.2, 0.25) is 0 Å². The molecule has 35 heavy (non-hydrogen) atoms. The van der Waals surface area contributed by atoms with E-state index in [2.05, 4.69) is 5.32 Å². The molecule has 2 amide bonds. The topological polar surface area (TPSA) is 52.7 Å². The molecule has 0 bridgehead atoms. The second-order valence-corrected chi connectivity index (χ2v) is 8.54. The van der Waals surface area contributed by atoms with Gasteiger partial charge in [-0.05, 0) is 61.4 Å². The maximum atomic E-state index is 13.0. The highest BCUT2D eigenvalue weighted by atomic mass is 19.4. The summed E-state index contributed by atoms with van der Waals surface area (Å²) in [5.41, 5.74) is 1.97. The average molecular weight is 482 g/mol. The van der Waals surface area contributed by atoms with Gasteiger partial charge in [-0.3, -0.25) is 9.59 Å². The molecular formula is C27H26F3N3O2. The number of likely N-dealkylation sites (tertiary alicyclic amines) is 1. The quantitative estimate of drug-likeness (QED) is 0.489. The number of nitrogens with one attached hydrogen (secondary N) is 1. The smallest absolute Gasteiger partial charge is 0.343 e. The van der Waals surface area contributed by atoms with E-state index in [4.69, 9.17) is 0 Å². The van der Waals surface area contributed by atoms with Crippen LogP contribution in [-0.2, 0) is 11.0 Å². The lowest BCUT2D eigenvalue weighted by Crippen LogP contribution is -2.41. The van der Waals surface area contributed by atoms with Gasteiger partial charge in [-0.15, -0.1) is 0 Å². The van der Waals surface area contributed by atoms with Crippen LogP contribution in [0.5, 0.6) is 0 Å². The summed E-state index contributed by atoms with van der Waals surface area (Å²) in [7, 11) is 1.94. The van der Waals surface area contributed by atoms with Gasteiger partial charge in [-0.2, -0.15) is 13.2 Å². The number of carbonyl (C=O) groups excluding carboxylic acids is 2. The van der Waals surface area contributed by atoms with E-state index in [1.54, 1.807) is 4.90 Å². The van der Waals surface area contributed by atoms with Gasteiger partial charge in [0.15, 0.2) is 0 Å². The van der Waals surface area contributed by atoms with Gasteiger partial charge >= 0.3 is 6.18 Å². The van der Waals surface area contributed by atoms with Crippen LogP contribution < -0.4 is 10.2 Å². The maximum absolute atomic E-state index is 13.0. The van der Waals surface area contributed by atoms with Crippen LogP contribution in [0.1, 0.15) is 28.8 Å². The predicted molar refractivity (Wildman–Crippen MR) is 130 cm³/mol. The Kier molecular flexibility index (Phi) is 7.10. The Morgan fingerprint density at radius 3 is 2.11 bits per heavy atom. The molecule has 5 nitrogen and oxygen atoms in total. The van der Waals surface area contributed by atoms with Crippen molar-refractivity contribution in [3.8, 4) is 0 Å². The molecule has 0 unspecified atom stereocenters. The van der Waals surface area contributed by atoms with E-state index in [9.17, 15) is 22.8 Å². The van der Waals surface area contributed by atoms with Gasteiger partial charge in [0.1, 0.15) is 0 Å². The van der Waals surface area contributed by atoms with E-state index < -0.39 is 11.7 Å². The number of nitrogens with zero attached hydrogens (tertiary/aromatic N) is 2. The minimum absolute atomic E-state index is 0.111. The molecule has 182 valence electrons. The number of para-hydroxylation sites is 3. The molecule has 0 spiro atoms. The molecule has 1 aliphatic heterocycles. The largest absolute Gasteiger partial charge is 0.416 e. The van der Waals surface area contributed by atoms with Crippen LogP contribution in [0.3, 0.4) is 0 Å². The zero-order valence-electron chi connectivity index (χ0n) is 19.3. The van der Waals surface area contributed by atoms with Crippen LogP contribution in [-0.4, -0.2) is 36.9 Å². The van der Waals surface area contributed by atoms with Crippen LogP contribution in [0.25, 0.3) is 0 Å². The summed E-state index contributed by atoms with van der Waals surface area (Å²) in [6, 6.07) is 21.6. The van der Waals surface area contributed by atoms with Gasteiger partial charge in [-0.25, -0.2) is 0 Å². The summed E-state index contributed by atoms with van der Waals surface area (Å²) in [4.78, 5) is 29.3. The number of piperidine rings is 1. The zero-order chi connectivity index (χ0) is 25.0. The van der Waals surface area contributed by atoms with Crippen LogP contribution >= 0.6 is 0 Å². The summed E-state index contributed by atoms with van der Waals surface area (Å²) >= 11 is 0. The number of amides is 2. The number of halogens is 3. The highest BCUT2D eigenvalue weighted by Crippen LogP contribution is 2.32. The Balaban J connectivity index is 1.37. The van der Waals surface area contributed by atoms with Crippen LogP contribution in [0, 0.1) is 5.92 Å². The summed E-state index contributed by atoms with van der Waals surface area (Å²) in [5, 5.41) is 3.04. The molecule has 0 aliphatic carbocycles.